The van der Waals surface area contributed by atoms with E-state index in [1.54, 1.807) is 6.08 Å². The molecule has 3 aliphatic heterocycles. The minimum Gasteiger partial charge on any atom is -0.389 e. The van der Waals surface area contributed by atoms with E-state index in [9.17, 15) is 5.11 Å². The van der Waals surface area contributed by atoms with E-state index in [2.05, 4.69) is 6.58 Å². The van der Waals surface area contributed by atoms with Gasteiger partial charge in [0.15, 0.2) is 0 Å². The lowest BCUT2D eigenvalue weighted by atomic mass is 9.77. The number of aliphatic hydroxyl groups is 1. The molecule has 3 heterocycles. The Bertz CT molecular complexity index is 228. The first-order chi connectivity index (χ1) is 6.10. The normalized spacial score (nSPS) is 55.0. The molecule has 3 nitrogen and oxygen atoms in total. The van der Waals surface area contributed by atoms with E-state index in [1.807, 2.05) is 13.8 Å². The van der Waals surface area contributed by atoms with Crippen molar-refractivity contribution >= 4 is 0 Å². The van der Waals surface area contributed by atoms with E-state index >= 15 is 0 Å². The standard InChI is InChI=1S/C10H16O3/c1-4-10-5-12-8(7(3)13-10)6(2)9(10)11/h4,6-9,11H,1,5H2,2-3H3. The zero-order valence-corrected chi connectivity index (χ0v) is 8.06. The topological polar surface area (TPSA) is 38.7 Å². The van der Waals surface area contributed by atoms with Gasteiger partial charge in [0.05, 0.1) is 24.9 Å². The quantitative estimate of drug-likeness (QED) is 0.610. The third-order valence-electron chi connectivity index (χ3n) is 3.23. The number of hydrogen-bond acceptors (Lipinski definition) is 3. The van der Waals surface area contributed by atoms with E-state index in [1.165, 1.54) is 0 Å². The average molecular weight is 184 g/mol. The van der Waals surface area contributed by atoms with Crippen LogP contribution in [0.1, 0.15) is 13.8 Å². The highest BCUT2D eigenvalue weighted by Gasteiger charge is 2.54. The molecule has 5 unspecified atom stereocenters. The van der Waals surface area contributed by atoms with Crippen LogP contribution in [0.15, 0.2) is 12.7 Å². The van der Waals surface area contributed by atoms with Gasteiger partial charge in [0.2, 0.25) is 0 Å². The van der Waals surface area contributed by atoms with Crippen molar-refractivity contribution in [3.05, 3.63) is 12.7 Å². The zero-order chi connectivity index (χ0) is 9.64. The van der Waals surface area contributed by atoms with Crippen LogP contribution in [0, 0.1) is 5.92 Å². The van der Waals surface area contributed by atoms with E-state index < -0.39 is 11.7 Å². The van der Waals surface area contributed by atoms with Gasteiger partial charge in [0, 0.05) is 5.92 Å². The second-order valence-corrected chi connectivity index (χ2v) is 4.06. The van der Waals surface area contributed by atoms with Gasteiger partial charge in [-0.2, -0.15) is 0 Å². The molecule has 0 radical (unpaired) electrons. The molecule has 0 saturated carbocycles. The maximum absolute atomic E-state index is 9.96. The summed E-state index contributed by atoms with van der Waals surface area (Å²) in [5, 5.41) is 9.96. The highest BCUT2D eigenvalue weighted by Crippen LogP contribution is 2.41. The maximum Gasteiger partial charge on any atom is 0.136 e. The second kappa shape index (κ2) is 2.80. The average Bonchev–Trinajstić information content (AvgIpc) is 2.13. The van der Waals surface area contributed by atoms with Crippen molar-refractivity contribution < 1.29 is 14.6 Å². The molecule has 3 heteroatoms. The van der Waals surface area contributed by atoms with Gasteiger partial charge in [0.1, 0.15) is 5.60 Å². The van der Waals surface area contributed by atoms with Crippen molar-refractivity contribution in [2.24, 2.45) is 5.92 Å². The molecule has 3 fully saturated rings. The Morgan fingerprint density at radius 1 is 1.54 bits per heavy atom. The van der Waals surface area contributed by atoms with Crippen LogP contribution in [0.25, 0.3) is 0 Å². The van der Waals surface area contributed by atoms with E-state index in [-0.39, 0.29) is 18.1 Å². The van der Waals surface area contributed by atoms with Crippen molar-refractivity contribution in [3.8, 4) is 0 Å². The molecule has 2 bridgehead atoms. The number of rotatable bonds is 1. The van der Waals surface area contributed by atoms with Gasteiger partial charge in [-0.15, -0.1) is 6.58 Å². The first-order valence-corrected chi connectivity index (χ1v) is 4.72. The minimum absolute atomic E-state index is 0.0248. The highest BCUT2D eigenvalue weighted by molar-refractivity contribution is 5.12. The molecule has 0 amide bonds. The summed E-state index contributed by atoms with van der Waals surface area (Å²) in [6.07, 6.45) is 1.25. The molecule has 0 aromatic heterocycles. The van der Waals surface area contributed by atoms with Gasteiger partial charge >= 0.3 is 0 Å². The molecule has 0 spiro atoms. The fourth-order valence-electron chi connectivity index (χ4n) is 2.40. The smallest absolute Gasteiger partial charge is 0.136 e. The molecule has 74 valence electrons. The number of aliphatic hydroxyl groups excluding tert-OH is 1. The molecule has 1 N–H and O–H groups in total. The Morgan fingerprint density at radius 3 is 2.77 bits per heavy atom. The molecule has 3 saturated heterocycles. The Kier molecular flexibility index (Phi) is 1.98. The van der Waals surface area contributed by atoms with Gasteiger partial charge in [-0.05, 0) is 6.92 Å². The van der Waals surface area contributed by atoms with Crippen molar-refractivity contribution in [3.63, 3.8) is 0 Å². The van der Waals surface area contributed by atoms with Crippen LogP contribution in [-0.4, -0.2) is 35.6 Å². The molecule has 3 aliphatic rings. The van der Waals surface area contributed by atoms with E-state index in [4.69, 9.17) is 9.47 Å². The summed E-state index contributed by atoms with van der Waals surface area (Å²) in [6, 6.07) is 0. The first-order valence-electron chi connectivity index (χ1n) is 4.72. The Hall–Kier alpha value is -0.380. The summed E-state index contributed by atoms with van der Waals surface area (Å²) in [5.41, 5.74) is -0.673. The molecule has 5 atom stereocenters. The third-order valence-corrected chi connectivity index (χ3v) is 3.23. The molecule has 0 aliphatic carbocycles. The fourth-order valence-corrected chi connectivity index (χ4v) is 2.40. The molecular formula is C10H16O3. The van der Waals surface area contributed by atoms with Crippen LogP contribution in [-0.2, 0) is 9.47 Å². The van der Waals surface area contributed by atoms with E-state index in [0.717, 1.165) is 0 Å². The predicted octanol–water partition coefficient (Wildman–Crippen LogP) is 0.726. The van der Waals surface area contributed by atoms with Gasteiger partial charge in [-0.1, -0.05) is 13.0 Å². The van der Waals surface area contributed by atoms with Gasteiger partial charge in [0.25, 0.3) is 0 Å². The Labute approximate surface area is 78.3 Å². The van der Waals surface area contributed by atoms with Crippen LogP contribution >= 0.6 is 0 Å². The first kappa shape index (κ1) is 9.19. The van der Waals surface area contributed by atoms with Crippen LogP contribution in [0.4, 0.5) is 0 Å². The lowest BCUT2D eigenvalue weighted by Crippen LogP contribution is -2.67. The SMILES string of the molecule is C=CC12COC(C(C)O1)C(C)C2O. The highest BCUT2D eigenvalue weighted by atomic mass is 16.6. The van der Waals surface area contributed by atoms with Crippen molar-refractivity contribution in [1.29, 1.82) is 0 Å². The summed E-state index contributed by atoms with van der Waals surface area (Å²) in [6.45, 7) is 8.10. The summed E-state index contributed by atoms with van der Waals surface area (Å²) in [7, 11) is 0. The van der Waals surface area contributed by atoms with Gasteiger partial charge in [-0.3, -0.25) is 0 Å². The second-order valence-electron chi connectivity index (χ2n) is 4.06. The predicted molar refractivity (Wildman–Crippen MR) is 48.4 cm³/mol. The molecule has 3 rings (SSSR count). The maximum atomic E-state index is 9.96. The molecule has 13 heavy (non-hydrogen) atoms. The minimum atomic E-state index is -0.673. The number of ether oxygens (including phenoxy) is 2. The third kappa shape index (κ3) is 1.08. The lowest BCUT2D eigenvalue weighted by molar-refractivity contribution is -0.306. The number of hydrogen-bond donors (Lipinski definition) is 1. The molecular weight excluding hydrogens is 168 g/mol. The zero-order valence-electron chi connectivity index (χ0n) is 8.06. The summed E-state index contributed by atoms with van der Waals surface area (Å²) in [4.78, 5) is 0. The van der Waals surface area contributed by atoms with Crippen LogP contribution < -0.4 is 0 Å². The molecule has 0 aromatic carbocycles. The van der Waals surface area contributed by atoms with Gasteiger partial charge in [-0.25, -0.2) is 0 Å². The summed E-state index contributed by atoms with van der Waals surface area (Å²) < 4.78 is 11.3. The Balaban J connectivity index is 2.32. The van der Waals surface area contributed by atoms with Crippen molar-refractivity contribution in [2.45, 2.75) is 37.8 Å². The van der Waals surface area contributed by atoms with Crippen LogP contribution in [0.3, 0.4) is 0 Å². The van der Waals surface area contributed by atoms with Crippen molar-refractivity contribution in [1.82, 2.24) is 0 Å². The fraction of sp³-hybridized carbons (Fsp3) is 0.800. The lowest BCUT2D eigenvalue weighted by Gasteiger charge is -2.54. The molecule has 0 aromatic rings. The van der Waals surface area contributed by atoms with Crippen LogP contribution in [0.2, 0.25) is 0 Å². The van der Waals surface area contributed by atoms with Gasteiger partial charge < -0.3 is 14.6 Å². The van der Waals surface area contributed by atoms with Crippen LogP contribution in [0.5, 0.6) is 0 Å². The largest absolute Gasteiger partial charge is 0.389 e. The summed E-state index contributed by atoms with van der Waals surface area (Å²) >= 11 is 0. The number of fused-ring (bicyclic) bond motifs is 3. The summed E-state index contributed by atoms with van der Waals surface area (Å²) in [5.74, 6) is 0.121. The monoisotopic (exact) mass is 184 g/mol. The Morgan fingerprint density at radius 2 is 2.23 bits per heavy atom. The van der Waals surface area contributed by atoms with Crippen molar-refractivity contribution in [2.75, 3.05) is 6.61 Å². The van der Waals surface area contributed by atoms with E-state index in [0.29, 0.717) is 6.61 Å².